The summed E-state index contributed by atoms with van der Waals surface area (Å²) in [6, 6.07) is 8.62. The van der Waals surface area contributed by atoms with E-state index in [1.54, 1.807) is 0 Å². The second kappa shape index (κ2) is 6.58. The lowest BCUT2D eigenvalue weighted by Crippen LogP contribution is -2.47. The number of piperazine rings is 1. The van der Waals surface area contributed by atoms with E-state index in [0.717, 1.165) is 32.1 Å². The van der Waals surface area contributed by atoms with Crippen LogP contribution in [0.5, 0.6) is 5.75 Å². The molecule has 0 bridgehead atoms. The summed E-state index contributed by atoms with van der Waals surface area (Å²) in [5.41, 5.74) is 1.36. The van der Waals surface area contributed by atoms with E-state index in [1.807, 2.05) is 12.1 Å². The molecule has 1 aromatic carbocycles. The van der Waals surface area contributed by atoms with Crippen LogP contribution in [0.3, 0.4) is 0 Å². The van der Waals surface area contributed by atoms with Crippen LogP contribution in [-0.2, 0) is 4.79 Å². The Labute approximate surface area is 126 Å². The number of nitrogens with zero attached hydrogens (tertiary/aromatic N) is 1. The quantitative estimate of drug-likeness (QED) is 0.682. The van der Waals surface area contributed by atoms with Gasteiger partial charge in [0.05, 0.1) is 0 Å². The molecule has 1 heterocycles. The number of ether oxygens (including phenoxy) is 1. The fraction of sp³-hybridized carbons (Fsp3) is 0.588. The number of benzene rings is 1. The van der Waals surface area contributed by atoms with E-state index in [2.05, 4.69) is 22.3 Å². The summed E-state index contributed by atoms with van der Waals surface area (Å²) in [7, 11) is 0. The summed E-state index contributed by atoms with van der Waals surface area (Å²) in [5, 5.41) is 3.43. The first-order chi connectivity index (χ1) is 10.2. The summed E-state index contributed by atoms with van der Waals surface area (Å²) < 4.78 is 5.13. The van der Waals surface area contributed by atoms with Crippen molar-refractivity contribution in [1.82, 2.24) is 10.2 Å². The number of carbonyl (C=O) groups is 1. The van der Waals surface area contributed by atoms with Crippen LogP contribution in [0.2, 0.25) is 0 Å². The highest BCUT2D eigenvalue weighted by molar-refractivity contribution is 5.69. The van der Waals surface area contributed by atoms with Crippen LogP contribution in [0, 0.1) is 5.92 Å². The zero-order valence-electron chi connectivity index (χ0n) is 12.7. The van der Waals surface area contributed by atoms with Crippen molar-refractivity contribution in [3.8, 4) is 5.75 Å². The second-order valence-electron chi connectivity index (χ2n) is 6.08. The average molecular weight is 288 g/mol. The molecule has 4 nitrogen and oxygen atoms in total. The fourth-order valence-corrected chi connectivity index (χ4v) is 3.40. The predicted octanol–water partition coefficient (Wildman–Crippen LogP) is 2.36. The fourth-order valence-electron chi connectivity index (χ4n) is 3.40. The molecule has 0 unspecified atom stereocenters. The van der Waals surface area contributed by atoms with E-state index in [9.17, 15) is 4.79 Å². The molecule has 1 saturated carbocycles. The van der Waals surface area contributed by atoms with E-state index < -0.39 is 0 Å². The molecule has 0 radical (unpaired) electrons. The van der Waals surface area contributed by atoms with Gasteiger partial charge in [-0.15, -0.1) is 0 Å². The molecule has 114 valence electrons. The number of hydrogen-bond donors (Lipinski definition) is 1. The van der Waals surface area contributed by atoms with Crippen LogP contribution < -0.4 is 10.1 Å². The van der Waals surface area contributed by atoms with E-state index >= 15 is 0 Å². The predicted molar refractivity (Wildman–Crippen MR) is 82.3 cm³/mol. The molecule has 0 aromatic heterocycles. The second-order valence-corrected chi connectivity index (χ2v) is 6.08. The molecule has 1 saturated heterocycles. The van der Waals surface area contributed by atoms with Crippen molar-refractivity contribution in [1.29, 1.82) is 0 Å². The van der Waals surface area contributed by atoms with Gasteiger partial charge >= 0.3 is 5.97 Å². The molecule has 4 heteroatoms. The summed E-state index contributed by atoms with van der Waals surface area (Å²) in [6.45, 7) is 5.83. The van der Waals surface area contributed by atoms with Gasteiger partial charge in [-0.3, -0.25) is 9.69 Å². The molecule has 1 aliphatic carbocycles. The van der Waals surface area contributed by atoms with Gasteiger partial charge in [-0.2, -0.15) is 0 Å². The highest BCUT2D eigenvalue weighted by atomic mass is 16.5. The van der Waals surface area contributed by atoms with Crippen molar-refractivity contribution in [3.63, 3.8) is 0 Å². The monoisotopic (exact) mass is 288 g/mol. The van der Waals surface area contributed by atoms with Gasteiger partial charge in [0.25, 0.3) is 0 Å². The van der Waals surface area contributed by atoms with Gasteiger partial charge in [-0.25, -0.2) is 0 Å². The first-order valence-corrected chi connectivity index (χ1v) is 7.97. The maximum atomic E-state index is 11.0. The molecule has 2 fully saturated rings. The van der Waals surface area contributed by atoms with Gasteiger partial charge in [0.15, 0.2) is 0 Å². The summed E-state index contributed by atoms with van der Waals surface area (Å²) >= 11 is 0. The van der Waals surface area contributed by atoms with Gasteiger partial charge in [-0.05, 0) is 36.5 Å². The standard InChI is InChI=1S/C17H24N2O2/c1-13(20)21-16-7-5-15(6-8-16)17(14-3-2-4-14)19-11-9-18-10-12-19/h5-8,14,17-18H,2-4,9-12H2,1H3/t17-/m1/s1. The van der Waals surface area contributed by atoms with Gasteiger partial charge in [0, 0.05) is 39.1 Å². The molecule has 3 rings (SSSR count). The number of rotatable bonds is 4. The minimum Gasteiger partial charge on any atom is -0.427 e. The third kappa shape index (κ3) is 3.44. The number of nitrogens with one attached hydrogen (secondary N) is 1. The van der Waals surface area contributed by atoms with Crippen molar-refractivity contribution in [2.24, 2.45) is 5.92 Å². The molecule has 1 aliphatic heterocycles. The Morgan fingerprint density at radius 2 is 1.90 bits per heavy atom. The molecule has 1 N–H and O–H groups in total. The van der Waals surface area contributed by atoms with Crippen molar-refractivity contribution < 1.29 is 9.53 Å². The number of esters is 1. The van der Waals surface area contributed by atoms with E-state index in [0.29, 0.717) is 11.8 Å². The lowest BCUT2D eigenvalue weighted by Gasteiger charge is -2.43. The van der Waals surface area contributed by atoms with Gasteiger partial charge in [-0.1, -0.05) is 18.6 Å². The van der Waals surface area contributed by atoms with E-state index in [-0.39, 0.29) is 5.97 Å². The molecule has 0 spiro atoms. The normalized spacial score (nSPS) is 21.6. The smallest absolute Gasteiger partial charge is 0.308 e. The first-order valence-electron chi connectivity index (χ1n) is 7.97. The van der Waals surface area contributed by atoms with Crippen LogP contribution in [0.4, 0.5) is 0 Å². The van der Waals surface area contributed by atoms with Crippen LogP contribution in [-0.4, -0.2) is 37.0 Å². The number of hydrogen-bond acceptors (Lipinski definition) is 4. The lowest BCUT2D eigenvalue weighted by molar-refractivity contribution is -0.131. The van der Waals surface area contributed by atoms with Crippen LogP contribution in [0.25, 0.3) is 0 Å². The minimum absolute atomic E-state index is 0.264. The van der Waals surface area contributed by atoms with Crippen molar-refractivity contribution in [2.45, 2.75) is 32.2 Å². The molecular formula is C17H24N2O2. The first kappa shape index (κ1) is 14.5. The zero-order valence-corrected chi connectivity index (χ0v) is 12.7. The van der Waals surface area contributed by atoms with Crippen molar-refractivity contribution in [3.05, 3.63) is 29.8 Å². The summed E-state index contributed by atoms with van der Waals surface area (Å²) in [4.78, 5) is 13.6. The third-order valence-electron chi connectivity index (χ3n) is 4.62. The van der Waals surface area contributed by atoms with E-state index in [4.69, 9.17) is 4.74 Å². The van der Waals surface area contributed by atoms with Gasteiger partial charge in [0.1, 0.15) is 5.75 Å². The average Bonchev–Trinajstić information content (AvgIpc) is 2.44. The Kier molecular flexibility index (Phi) is 4.56. The molecule has 1 aromatic rings. The largest absolute Gasteiger partial charge is 0.427 e. The highest BCUT2D eigenvalue weighted by Crippen LogP contribution is 2.41. The Bertz CT molecular complexity index is 476. The molecule has 0 amide bonds. The topological polar surface area (TPSA) is 41.6 Å². The molecule has 1 atom stereocenters. The number of carbonyl (C=O) groups excluding carboxylic acids is 1. The molecule has 21 heavy (non-hydrogen) atoms. The lowest BCUT2D eigenvalue weighted by atomic mass is 9.76. The Balaban J connectivity index is 1.76. The summed E-state index contributed by atoms with van der Waals surface area (Å²) in [5.74, 6) is 1.15. The Morgan fingerprint density at radius 1 is 1.24 bits per heavy atom. The SMILES string of the molecule is CC(=O)Oc1ccc([C@@H](C2CCC2)N2CCNCC2)cc1. The summed E-state index contributed by atoms with van der Waals surface area (Å²) in [6.07, 6.45) is 4.03. The third-order valence-corrected chi connectivity index (χ3v) is 4.62. The highest BCUT2D eigenvalue weighted by Gasteiger charge is 2.33. The Hall–Kier alpha value is -1.39. The van der Waals surface area contributed by atoms with Crippen LogP contribution in [0.1, 0.15) is 37.8 Å². The Morgan fingerprint density at radius 3 is 2.43 bits per heavy atom. The minimum atomic E-state index is -0.264. The van der Waals surface area contributed by atoms with E-state index in [1.165, 1.54) is 31.7 Å². The molecule has 2 aliphatic rings. The van der Waals surface area contributed by atoms with Crippen LogP contribution in [0.15, 0.2) is 24.3 Å². The van der Waals surface area contributed by atoms with Crippen LogP contribution >= 0.6 is 0 Å². The zero-order chi connectivity index (χ0) is 14.7. The van der Waals surface area contributed by atoms with Gasteiger partial charge < -0.3 is 10.1 Å². The van der Waals surface area contributed by atoms with Crippen molar-refractivity contribution >= 4 is 5.97 Å². The van der Waals surface area contributed by atoms with Crippen molar-refractivity contribution in [2.75, 3.05) is 26.2 Å². The maximum absolute atomic E-state index is 11.0. The van der Waals surface area contributed by atoms with Gasteiger partial charge in [0.2, 0.25) is 0 Å². The maximum Gasteiger partial charge on any atom is 0.308 e. The molecular weight excluding hydrogens is 264 g/mol.